The molecule has 0 radical (unpaired) electrons. The first kappa shape index (κ1) is 25.4. The minimum atomic E-state index is -1.05. The van der Waals surface area contributed by atoms with Gasteiger partial charge in [-0.15, -0.1) is 0 Å². The zero-order valence-corrected chi connectivity index (χ0v) is 23.0. The zero-order chi connectivity index (χ0) is 27.6. The molecule has 3 heterocycles. The third-order valence-corrected chi connectivity index (χ3v) is 10.3. The molecule has 1 amide bonds. The van der Waals surface area contributed by atoms with Crippen LogP contribution in [0, 0.1) is 5.92 Å². The Morgan fingerprint density at radius 1 is 1.20 bits per heavy atom. The third-order valence-electron chi connectivity index (χ3n) is 10.3. The highest BCUT2D eigenvalue weighted by atomic mass is 16.5. The number of aliphatic hydroxyl groups is 1. The third kappa shape index (κ3) is 3.47. The summed E-state index contributed by atoms with van der Waals surface area (Å²) < 4.78 is 11.8. The van der Waals surface area contributed by atoms with Gasteiger partial charge in [0.2, 0.25) is 5.91 Å². The monoisotopic (exact) mass is 540 g/mol. The first-order valence-corrected chi connectivity index (χ1v) is 14.3. The lowest BCUT2D eigenvalue weighted by Crippen LogP contribution is -2.80. The van der Waals surface area contributed by atoms with Crippen molar-refractivity contribution in [1.29, 1.82) is 0 Å². The van der Waals surface area contributed by atoms with Crippen molar-refractivity contribution >= 4 is 12.0 Å². The number of hydrogen-bond acceptors (Lipinski definition) is 6. The maximum absolute atomic E-state index is 13.4. The van der Waals surface area contributed by atoms with Gasteiger partial charge in [-0.3, -0.25) is 9.69 Å². The summed E-state index contributed by atoms with van der Waals surface area (Å²) in [5.41, 5.74) is 2.46. The highest BCUT2D eigenvalue weighted by Crippen LogP contribution is 2.67. The van der Waals surface area contributed by atoms with E-state index in [0.717, 1.165) is 36.2 Å². The molecule has 3 aromatic rings. The van der Waals surface area contributed by atoms with Crippen molar-refractivity contribution in [2.45, 2.75) is 61.8 Å². The van der Waals surface area contributed by atoms with Crippen molar-refractivity contribution in [3.63, 3.8) is 0 Å². The number of rotatable bonds is 6. The number of amides is 1. The van der Waals surface area contributed by atoms with Crippen LogP contribution < -0.4 is 4.74 Å². The second-order valence-electron chi connectivity index (χ2n) is 12.1. The van der Waals surface area contributed by atoms with Crippen LogP contribution >= 0.6 is 0 Å². The molecule has 2 bridgehead atoms. The normalized spacial score (nSPS) is 32.1. The van der Waals surface area contributed by atoms with Crippen LogP contribution in [0.1, 0.15) is 42.0 Å². The molecule has 1 spiro atoms. The molecule has 1 saturated carbocycles. The van der Waals surface area contributed by atoms with Gasteiger partial charge in [-0.25, -0.2) is 0 Å². The van der Waals surface area contributed by atoms with Crippen molar-refractivity contribution in [1.82, 2.24) is 9.80 Å². The fourth-order valence-electron chi connectivity index (χ4n) is 8.41. The van der Waals surface area contributed by atoms with Crippen LogP contribution in [-0.4, -0.2) is 69.8 Å². The van der Waals surface area contributed by atoms with E-state index in [1.54, 1.807) is 41.7 Å². The number of carbonyl (C=O) groups excluding carboxylic acids is 1. The van der Waals surface area contributed by atoms with Crippen LogP contribution in [0.5, 0.6) is 11.5 Å². The average molecular weight is 541 g/mol. The second kappa shape index (κ2) is 9.25. The lowest BCUT2D eigenvalue weighted by atomic mass is 9.45. The summed E-state index contributed by atoms with van der Waals surface area (Å²) in [7, 11) is 1.82. The number of furan rings is 1. The number of piperidine rings is 1. The fraction of sp³-hybridized carbons (Fsp3) is 0.424. The summed E-state index contributed by atoms with van der Waals surface area (Å²) >= 11 is 0. The molecule has 2 aliphatic carbocycles. The van der Waals surface area contributed by atoms with Crippen LogP contribution in [0.15, 0.2) is 71.6 Å². The van der Waals surface area contributed by atoms with Crippen LogP contribution in [-0.2, 0) is 23.1 Å². The standard InChI is InChI=1S/C33H36N2O5/c1-21-18-25(34(2)28(37)11-8-23-13-17-39-20-23)31-32-14-16-35(15-12-22-6-4-3-5-7-22)27(33(21,32)38)19-24-9-10-26(36)30(40-31)29(24)32/h3-11,13,17,20-21,25,27,31,36,38H,12,14-16,18-19H2,1-2H3/b11-8+/t21-,25+,27+,31+,32-,33+/m0/s1. The summed E-state index contributed by atoms with van der Waals surface area (Å²) in [5, 5.41) is 23.9. The van der Waals surface area contributed by atoms with Gasteiger partial charge in [-0.2, -0.15) is 0 Å². The van der Waals surface area contributed by atoms with Gasteiger partial charge in [0.15, 0.2) is 11.5 Å². The number of ether oxygens (including phenoxy) is 1. The predicted octanol–water partition coefficient (Wildman–Crippen LogP) is 4.17. The molecule has 0 unspecified atom stereocenters. The number of carbonyl (C=O) groups is 1. The number of aromatic hydroxyl groups is 1. The van der Waals surface area contributed by atoms with Gasteiger partial charge < -0.3 is 24.3 Å². The van der Waals surface area contributed by atoms with Crippen LogP contribution in [0.3, 0.4) is 0 Å². The van der Waals surface area contributed by atoms with E-state index in [-0.39, 0.29) is 29.7 Å². The maximum atomic E-state index is 13.4. The Morgan fingerprint density at radius 3 is 2.80 bits per heavy atom. The van der Waals surface area contributed by atoms with Crippen LogP contribution in [0.4, 0.5) is 0 Å². The highest BCUT2D eigenvalue weighted by molar-refractivity contribution is 5.92. The van der Waals surface area contributed by atoms with E-state index >= 15 is 0 Å². The van der Waals surface area contributed by atoms with E-state index in [1.165, 1.54) is 5.56 Å². The molecule has 2 aliphatic heterocycles. The summed E-state index contributed by atoms with van der Waals surface area (Å²) in [5.74, 6) is 0.384. The Labute approximate surface area is 234 Å². The highest BCUT2D eigenvalue weighted by Gasteiger charge is 2.75. The van der Waals surface area contributed by atoms with E-state index in [4.69, 9.17) is 9.15 Å². The molecule has 2 fully saturated rings. The summed E-state index contributed by atoms with van der Waals surface area (Å²) in [6, 6.07) is 15.7. The molecular formula is C33H36N2O5. The molecule has 7 nitrogen and oxygen atoms in total. The van der Waals surface area contributed by atoms with E-state index < -0.39 is 17.1 Å². The van der Waals surface area contributed by atoms with Crippen LogP contribution in [0.25, 0.3) is 6.08 Å². The average Bonchev–Trinajstić information content (AvgIpc) is 3.60. The number of benzene rings is 2. The van der Waals surface area contributed by atoms with E-state index in [2.05, 4.69) is 36.1 Å². The van der Waals surface area contributed by atoms with Gasteiger partial charge in [0.05, 0.1) is 29.6 Å². The first-order chi connectivity index (χ1) is 19.3. The maximum Gasteiger partial charge on any atom is 0.246 e. The molecule has 1 aromatic heterocycles. The molecule has 1 saturated heterocycles. The molecule has 7 heteroatoms. The molecule has 40 heavy (non-hydrogen) atoms. The lowest BCUT2D eigenvalue weighted by Gasteiger charge is -2.66. The number of likely N-dealkylation sites (N-methyl/N-ethyl adjacent to an activating group) is 1. The first-order valence-electron chi connectivity index (χ1n) is 14.3. The summed E-state index contributed by atoms with van der Waals surface area (Å²) in [6.45, 7) is 3.82. The molecule has 2 N–H and O–H groups in total. The van der Waals surface area contributed by atoms with Gasteiger partial charge in [-0.05, 0) is 67.5 Å². The quantitative estimate of drug-likeness (QED) is 0.457. The molecule has 4 aliphatic rings. The largest absolute Gasteiger partial charge is 0.504 e. The zero-order valence-electron chi connectivity index (χ0n) is 23.0. The van der Waals surface area contributed by atoms with Crippen molar-refractivity contribution in [2.75, 3.05) is 20.1 Å². The Balaban J connectivity index is 1.26. The van der Waals surface area contributed by atoms with Gasteiger partial charge in [0.25, 0.3) is 0 Å². The molecule has 2 aromatic carbocycles. The van der Waals surface area contributed by atoms with E-state index in [0.29, 0.717) is 25.0 Å². The summed E-state index contributed by atoms with van der Waals surface area (Å²) in [4.78, 5) is 17.6. The van der Waals surface area contributed by atoms with Gasteiger partial charge in [0.1, 0.15) is 6.10 Å². The Morgan fingerprint density at radius 2 is 2.02 bits per heavy atom. The van der Waals surface area contributed by atoms with Gasteiger partial charge in [-0.1, -0.05) is 43.3 Å². The molecular weight excluding hydrogens is 504 g/mol. The van der Waals surface area contributed by atoms with Crippen molar-refractivity contribution < 1.29 is 24.2 Å². The van der Waals surface area contributed by atoms with Crippen LogP contribution in [0.2, 0.25) is 0 Å². The number of likely N-dealkylation sites (tertiary alicyclic amines) is 1. The Hall–Kier alpha value is -3.55. The number of hydrogen-bond donors (Lipinski definition) is 2. The number of nitrogens with zero attached hydrogens (tertiary/aromatic N) is 2. The molecule has 208 valence electrons. The predicted molar refractivity (Wildman–Crippen MR) is 151 cm³/mol. The second-order valence-corrected chi connectivity index (χ2v) is 12.1. The van der Waals surface area contributed by atoms with E-state index in [1.807, 2.05) is 19.2 Å². The number of phenolic OH excluding ortho intramolecular Hbond substituents is 1. The molecule has 7 rings (SSSR count). The Bertz CT molecular complexity index is 1450. The minimum Gasteiger partial charge on any atom is -0.504 e. The van der Waals surface area contributed by atoms with Crippen molar-refractivity contribution in [3.05, 3.63) is 89.4 Å². The number of phenols is 1. The van der Waals surface area contributed by atoms with Crippen molar-refractivity contribution in [3.8, 4) is 11.5 Å². The van der Waals surface area contributed by atoms with Gasteiger partial charge in [0, 0.05) is 36.8 Å². The van der Waals surface area contributed by atoms with Crippen molar-refractivity contribution in [2.24, 2.45) is 5.92 Å². The Kier molecular flexibility index (Phi) is 5.88. The minimum absolute atomic E-state index is 0.0722. The molecule has 6 atom stereocenters. The summed E-state index contributed by atoms with van der Waals surface area (Å²) in [6.07, 6.45) is 8.98. The SMILES string of the molecule is C[C@H]1C[C@@H](N(C)C(=O)/C=C/c2ccoc2)[C@H]2Oc3c(O)ccc4c3[C@@]23CCN(CCc2ccccc2)[C@H](C4)[C@]13O. The topological polar surface area (TPSA) is 86.4 Å². The fourth-order valence-corrected chi connectivity index (χ4v) is 8.41. The lowest BCUT2D eigenvalue weighted by molar-refractivity contribution is -0.224. The van der Waals surface area contributed by atoms with Gasteiger partial charge >= 0.3 is 0 Å². The smallest absolute Gasteiger partial charge is 0.246 e. The van der Waals surface area contributed by atoms with E-state index in [9.17, 15) is 15.0 Å².